The third-order valence-corrected chi connectivity index (χ3v) is 7.10. The molecule has 0 spiro atoms. The van der Waals surface area contributed by atoms with E-state index in [9.17, 15) is 18.0 Å². The third-order valence-electron chi connectivity index (χ3n) is 5.63. The van der Waals surface area contributed by atoms with Gasteiger partial charge in [-0.05, 0) is 30.0 Å². The van der Waals surface area contributed by atoms with Crippen LogP contribution in [0.5, 0.6) is 5.75 Å². The highest BCUT2D eigenvalue weighted by Crippen LogP contribution is 2.23. The van der Waals surface area contributed by atoms with Crippen LogP contribution in [0.25, 0.3) is 0 Å². The molecular weight excluding hydrogens is 444 g/mol. The minimum Gasteiger partial charge on any atom is -0.490 e. The molecule has 2 aromatic rings. The molecule has 1 aliphatic heterocycles. The lowest BCUT2D eigenvalue weighted by molar-refractivity contribution is -0.132. The number of nitrogens with zero attached hydrogens (tertiary/aromatic N) is 1. The van der Waals surface area contributed by atoms with Gasteiger partial charge in [-0.3, -0.25) is 4.79 Å². The number of hydrogen-bond acceptors (Lipinski definition) is 6. The first-order valence-corrected chi connectivity index (χ1v) is 12.6. The van der Waals surface area contributed by atoms with Gasteiger partial charge in [-0.1, -0.05) is 32.9 Å². The molecule has 8 nitrogen and oxygen atoms in total. The van der Waals surface area contributed by atoms with Crippen LogP contribution in [-0.2, 0) is 20.2 Å². The fraction of sp³-hybridized carbons (Fsp3) is 0.500. The Balaban J connectivity index is 1.45. The van der Waals surface area contributed by atoms with Gasteiger partial charge in [0, 0.05) is 45.0 Å². The van der Waals surface area contributed by atoms with E-state index in [4.69, 9.17) is 9.15 Å². The Kier molecular flexibility index (Phi) is 7.64. The van der Waals surface area contributed by atoms with Crippen molar-refractivity contribution in [1.29, 1.82) is 0 Å². The summed E-state index contributed by atoms with van der Waals surface area (Å²) in [6.45, 7) is 8.96. The number of carbonyl (C=O) groups excluding carboxylic acids is 1. The smallest absolute Gasteiger partial charge is 0.339 e. The SMILES string of the molecule is Cc1cc(OC2CCN(C(=O)CCNS(=O)(=O)c3ccc(C(C)(C)C)cc3)CC2)cc(=O)o1. The van der Waals surface area contributed by atoms with Crippen LogP contribution < -0.4 is 15.1 Å². The quantitative estimate of drug-likeness (QED) is 0.659. The molecule has 1 fully saturated rings. The number of amides is 1. The Bertz CT molecular complexity index is 1120. The van der Waals surface area contributed by atoms with Gasteiger partial charge in [-0.2, -0.15) is 0 Å². The molecule has 0 unspecified atom stereocenters. The lowest BCUT2D eigenvalue weighted by Crippen LogP contribution is -2.42. The molecule has 1 aliphatic rings. The maximum Gasteiger partial charge on any atom is 0.339 e. The summed E-state index contributed by atoms with van der Waals surface area (Å²) in [5.41, 5.74) is 0.537. The Morgan fingerprint density at radius 3 is 2.36 bits per heavy atom. The molecule has 1 amide bonds. The molecule has 0 atom stereocenters. The van der Waals surface area contributed by atoms with Crippen molar-refractivity contribution < 1.29 is 22.4 Å². The predicted molar refractivity (Wildman–Crippen MR) is 125 cm³/mol. The van der Waals surface area contributed by atoms with Crippen LogP contribution in [0.15, 0.2) is 50.5 Å². The molecule has 0 saturated carbocycles. The van der Waals surface area contributed by atoms with Gasteiger partial charge >= 0.3 is 5.63 Å². The minimum atomic E-state index is -3.67. The summed E-state index contributed by atoms with van der Waals surface area (Å²) in [5, 5.41) is 0. The lowest BCUT2D eigenvalue weighted by Gasteiger charge is -2.32. The van der Waals surface area contributed by atoms with E-state index in [-0.39, 0.29) is 35.3 Å². The van der Waals surface area contributed by atoms with E-state index in [1.807, 2.05) is 12.1 Å². The van der Waals surface area contributed by atoms with Crippen LogP contribution in [0.2, 0.25) is 0 Å². The molecule has 1 saturated heterocycles. The summed E-state index contributed by atoms with van der Waals surface area (Å²) in [6.07, 6.45) is 1.27. The molecule has 0 radical (unpaired) electrons. The van der Waals surface area contributed by atoms with Crippen molar-refractivity contribution in [2.75, 3.05) is 19.6 Å². The second-order valence-electron chi connectivity index (χ2n) is 9.34. The number of hydrogen-bond donors (Lipinski definition) is 1. The van der Waals surface area contributed by atoms with Crippen molar-refractivity contribution >= 4 is 15.9 Å². The first-order valence-electron chi connectivity index (χ1n) is 11.1. The average molecular weight is 477 g/mol. The van der Waals surface area contributed by atoms with Gasteiger partial charge < -0.3 is 14.1 Å². The molecule has 0 aliphatic carbocycles. The van der Waals surface area contributed by atoms with E-state index in [2.05, 4.69) is 25.5 Å². The maximum absolute atomic E-state index is 12.5. The summed E-state index contributed by atoms with van der Waals surface area (Å²) >= 11 is 0. The van der Waals surface area contributed by atoms with E-state index in [0.29, 0.717) is 37.4 Å². The molecule has 0 bridgehead atoms. The van der Waals surface area contributed by atoms with E-state index in [1.165, 1.54) is 6.07 Å². The van der Waals surface area contributed by atoms with Crippen LogP contribution in [0, 0.1) is 6.92 Å². The summed E-state index contributed by atoms with van der Waals surface area (Å²) in [7, 11) is -3.67. The molecule has 3 rings (SSSR count). The summed E-state index contributed by atoms with van der Waals surface area (Å²) in [6, 6.07) is 9.79. The van der Waals surface area contributed by atoms with E-state index in [1.54, 1.807) is 30.0 Å². The van der Waals surface area contributed by atoms with E-state index >= 15 is 0 Å². The van der Waals surface area contributed by atoms with Gasteiger partial charge in [0.1, 0.15) is 17.6 Å². The molecule has 180 valence electrons. The number of aryl methyl sites for hydroxylation is 1. The third kappa shape index (κ3) is 6.91. The Morgan fingerprint density at radius 2 is 1.79 bits per heavy atom. The molecule has 33 heavy (non-hydrogen) atoms. The highest BCUT2D eigenvalue weighted by Gasteiger charge is 2.24. The van der Waals surface area contributed by atoms with Crippen LogP contribution in [0.4, 0.5) is 0 Å². The fourth-order valence-corrected chi connectivity index (χ4v) is 4.76. The van der Waals surface area contributed by atoms with Crippen molar-refractivity contribution in [2.45, 2.75) is 63.4 Å². The van der Waals surface area contributed by atoms with Crippen LogP contribution in [0.3, 0.4) is 0 Å². The molecule has 2 heterocycles. The highest BCUT2D eigenvalue weighted by molar-refractivity contribution is 7.89. The number of ether oxygens (including phenoxy) is 1. The molecule has 9 heteroatoms. The maximum atomic E-state index is 12.5. The lowest BCUT2D eigenvalue weighted by atomic mass is 9.87. The van der Waals surface area contributed by atoms with Crippen molar-refractivity contribution in [3.8, 4) is 5.75 Å². The first kappa shape index (κ1) is 25.0. The van der Waals surface area contributed by atoms with Crippen LogP contribution >= 0.6 is 0 Å². The van der Waals surface area contributed by atoms with Crippen molar-refractivity contribution in [1.82, 2.24) is 9.62 Å². The van der Waals surface area contributed by atoms with Gasteiger partial charge in [0.2, 0.25) is 15.9 Å². The zero-order chi connectivity index (χ0) is 24.2. The predicted octanol–water partition coefficient (Wildman–Crippen LogP) is 2.98. The highest BCUT2D eigenvalue weighted by atomic mass is 32.2. The standard InChI is InChI=1S/C24H32N2O6S/c1-17-15-20(16-23(28)31-17)32-19-10-13-26(14-11-19)22(27)9-12-25-33(29,30)21-7-5-18(6-8-21)24(2,3)4/h5-8,15-16,19,25H,9-14H2,1-4H3. The Morgan fingerprint density at radius 1 is 1.15 bits per heavy atom. The Hall–Kier alpha value is -2.65. The summed E-state index contributed by atoms with van der Waals surface area (Å²) in [5.74, 6) is 0.853. The van der Waals surface area contributed by atoms with Crippen molar-refractivity contribution in [2.24, 2.45) is 0 Å². The van der Waals surface area contributed by atoms with E-state index < -0.39 is 15.6 Å². The minimum absolute atomic E-state index is 0.0394. The van der Waals surface area contributed by atoms with Gasteiger partial charge in [0.25, 0.3) is 0 Å². The Labute approximate surface area is 195 Å². The van der Waals surface area contributed by atoms with Gasteiger partial charge in [0.15, 0.2) is 0 Å². The van der Waals surface area contributed by atoms with Crippen molar-refractivity contribution in [3.05, 3.63) is 58.1 Å². The average Bonchev–Trinajstić information content (AvgIpc) is 2.73. The number of piperidine rings is 1. The topological polar surface area (TPSA) is 106 Å². The van der Waals surface area contributed by atoms with Crippen molar-refractivity contribution in [3.63, 3.8) is 0 Å². The number of nitrogens with one attached hydrogen (secondary N) is 1. The number of sulfonamides is 1. The molecule has 1 aromatic heterocycles. The van der Waals surface area contributed by atoms with E-state index in [0.717, 1.165) is 5.56 Å². The molecular formula is C24H32N2O6S. The second-order valence-corrected chi connectivity index (χ2v) is 11.1. The van der Waals surface area contributed by atoms with Gasteiger partial charge in [-0.25, -0.2) is 17.9 Å². The largest absolute Gasteiger partial charge is 0.490 e. The fourth-order valence-electron chi connectivity index (χ4n) is 3.73. The molecule has 1 N–H and O–H groups in total. The number of likely N-dealkylation sites (tertiary alicyclic amines) is 1. The number of carbonyl (C=O) groups is 1. The second kappa shape index (κ2) is 10.1. The summed E-state index contributed by atoms with van der Waals surface area (Å²) in [4.78, 5) is 25.9. The zero-order valence-corrected chi connectivity index (χ0v) is 20.4. The monoisotopic (exact) mass is 476 g/mol. The molecule has 1 aromatic carbocycles. The van der Waals surface area contributed by atoms with Crippen LogP contribution in [0.1, 0.15) is 51.4 Å². The number of benzene rings is 1. The van der Waals surface area contributed by atoms with Gasteiger partial charge in [0.05, 0.1) is 11.0 Å². The van der Waals surface area contributed by atoms with Gasteiger partial charge in [-0.15, -0.1) is 0 Å². The summed E-state index contributed by atoms with van der Waals surface area (Å²) < 4.78 is 38.4. The zero-order valence-electron chi connectivity index (χ0n) is 19.6. The van der Waals surface area contributed by atoms with Crippen LogP contribution in [-0.4, -0.2) is 45.0 Å². The first-order chi connectivity index (χ1) is 15.4. The number of rotatable bonds is 7. The normalized spacial score (nSPS) is 15.5.